The first-order chi connectivity index (χ1) is 15.9. The number of thiophene rings is 1. The molecule has 0 fully saturated rings. The number of Topliss-reactive ketones (excluding diaryl/α,β-unsaturated/α-hetero) is 1. The highest BCUT2D eigenvalue weighted by Crippen LogP contribution is 2.52. The lowest BCUT2D eigenvalue weighted by molar-refractivity contribution is -0.384. The number of carbonyl (C=O) groups excluding carboxylic acids is 1. The quantitative estimate of drug-likeness (QED) is 0.483. The monoisotopic (exact) mass is 479 g/mol. The lowest BCUT2D eigenvalue weighted by Gasteiger charge is -2.43. The molecule has 34 heavy (non-hydrogen) atoms. The largest absolute Gasteiger partial charge is 0.384 e. The Labute approximate surface area is 198 Å². The maximum Gasteiger partial charge on any atom is 0.324 e. The number of anilines is 1. The molecule has 2 N–H and O–H groups in total. The molecule has 2 aliphatic rings. The Morgan fingerprint density at radius 2 is 1.88 bits per heavy atom. The van der Waals surface area contributed by atoms with Crippen molar-refractivity contribution in [3.05, 3.63) is 83.7 Å². The molecular formula is C23H21N5O5S. The van der Waals surface area contributed by atoms with Gasteiger partial charge in [0.2, 0.25) is 0 Å². The standard InChI is InChI=1S/C23H21N5O5S/c1-12-8-13(27(30)31)4-5-15(12)26-16-9-23(2,3)10-17(29)21(16)20(14(11-24)22(26)25)18-6-7-19(34-18)28(32)33/h4-8,20H,9-10,25H2,1-3H3/t20-/m0/s1. The first kappa shape index (κ1) is 23.1. The summed E-state index contributed by atoms with van der Waals surface area (Å²) in [5, 5.41) is 32.5. The highest BCUT2D eigenvalue weighted by Gasteiger charge is 2.45. The SMILES string of the molecule is Cc1cc([N+](=O)[O-])ccc1N1C(N)=C(C#N)[C@@H](c2ccc([N+](=O)[O-])s2)C2=C1CC(C)(C)CC2=O. The number of allylic oxidation sites excluding steroid dienone is 3. The predicted octanol–water partition coefficient (Wildman–Crippen LogP) is 4.81. The molecule has 2 aromatic rings. The number of nitro benzene ring substituents is 1. The van der Waals surface area contributed by atoms with E-state index in [1.165, 1.54) is 18.2 Å². The number of carbonyl (C=O) groups is 1. The number of rotatable bonds is 4. The van der Waals surface area contributed by atoms with Crippen molar-refractivity contribution < 1.29 is 14.6 Å². The van der Waals surface area contributed by atoms with E-state index in [1.54, 1.807) is 24.0 Å². The fourth-order valence-corrected chi connectivity index (χ4v) is 5.61. The van der Waals surface area contributed by atoms with Crippen LogP contribution in [-0.2, 0) is 4.79 Å². The minimum Gasteiger partial charge on any atom is -0.384 e. The third kappa shape index (κ3) is 3.72. The van der Waals surface area contributed by atoms with Gasteiger partial charge in [-0.25, -0.2) is 0 Å². The molecule has 1 aromatic heterocycles. The van der Waals surface area contributed by atoms with Gasteiger partial charge in [0.1, 0.15) is 5.82 Å². The van der Waals surface area contributed by atoms with Crippen LogP contribution in [0.4, 0.5) is 16.4 Å². The maximum atomic E-state index is 13.5. The van der Waals surface area contributed by atoms with E-state index in [4.69, 9.17) is 5.73 Å². The Bertz CT molecular complexity index is 1360. The number of nitrogens with zero attached hydrogens (tertiary/aromatic N) is 4. The fourth-order valence-electron chi connectivity index (χ4n) is 4.67. The topological polar surface area (TPSA) is 156 Å². The number of hydrogen-bond donors (Lipinski definition) is 1. The third-order valence-electron chi connectivity index (χ3n) is 6.09. The van der Waals surface area contributed by atoms with Crippen LogP contribution in [0.2, 0.25) is 0 Å². The van der Waals surface area contributed by atoms with E-state index in [1.807, 2.05) is 13.8 Å². The van der Waals surface area contributed by atoms with Gasteiger partial charge in [-0.2, -0.15) is 5.26 Å². The van der Waals surface area contributed by atoms with Crippen molar-refractivity contribution in [2.45, 2.75) is 39.5 Å². The minimum atomic E-state index is -0.808. The number of nitriles is 1. The molecule has 0 saturated heterocycles. The molecule has 1 aromatic carbocycles. The summed E-state index contributed by atoms with van der Waals surface area (Å²) in [5.41, 5.74) is 8.27. The number of nitro groups is 2. The number of non-ortho nitro benzene ring substituents is 1. The number of ketones is 1. The second kappa shape index (κ2) is 8.07. The predicted molar refractivity (Wildman–Crippen MR) is 126 cm³/mol. The number of aryl methyl sites for hydroxylation is 1. The molecule has 0 saturated carbocycles. The van der Waals surface area contributed by atoms with Crippen molar-refractivity contribution in [2.75, 3.05) is 4.90 Å². The lowest BCUT2D eigenvalue weighted by atomic mass is 9.69. The van der Waals surface area contributed by atoms with Crippen LogP contribution >= 0.6 is 11.3 Å². The van der Waals surface area contributed by atoms with Crippen molar-refractivity contribution in [1.29, 1.82) is 5.26 Å². The normalized spacial score (nSPS) is 19.6. The second-order valence-corrected chi connectivity index (χ2v) is 10.2. The molecule has 2 heterocycles. The Morgan fingerprint density at radius 1 is 1.18 bits per heavy atom. The Kier molecular flexibility index (Phi) is 5.49. The van der Waals surface area contributed by atoms with Crippen molar-refractivity contribution in [2.24, 2.45) is 11.1 Å². The highest BCUT2D eigenvalue weighted by atomic mass is 32.1. The van der Waals surface area contributed by atoms with Gasteiger partial charge in [0.25, 0.3) is 5.69 Å². The van der Waals surface area contributed by atoms with Crippen LogP contribution in [0.1, 0.15) is 43.0 Å². The summed E-state index contributed by atoms with van der Waals surface area (Å²) >= 11 is 0.912. The van der Waals surface area contributed by atoms with Crippen LogP contribution in [0.25, 0.3) is 0 Å². The summed E-state index contributed by atoms with van der Waals surface area (Å²) in [5.74, 6) is -0.862. The van der Waals surface area contributed by atoms with Crippen LogP contribution in [0.3, 0.4) is 0 Å². The Balaban J connectivity index is 1.99. The second-order valence-electron chi connectivity index (χ2n) is 9.14. The third-order valence-corrected chi connectivity index (χ3v) is 7.19. The van der Waals surface area contributed by atoms with Crippen molar-refractivity contribution in [3.63, 3.8) is 0 Å². The molecule has 10 nitrogen and oxygen atoms in total. The van der Waals surface area contributed by atoms with Gasteiger partial charge in [-0.3, -0.25) is 29.9 Å². The first-order valence-electron chi connectivity index (χ1n) is 10.4. The highest BCUT2D eigenvalue weighted by molar-refractivity contribution is 7.15. The Hall–Kier alpha value is -4.04. The van der Waals surface area contributed by atoms with Gasteiger partial charge in [-0.1, -0.05) is 25.2 Å². The van der Waals surface area contributed by atoms with Gasteiger partial charge in [0.05, 0.1) is 33.1 Å². The summed E-state index contributed by atoms with van der Waals surface area (Å²) in [4.78, 5) is 37.1. The molecule has 11 heteroatoms. The maximum absolute atomic E-state index is 13.5. The van der Waals surface area contributed by atoms with Crippen LogP contribution < -0.4 is 10.6 Å². The van der Waals surface area contributed by atoms with E-state index in [-0.39, 0.29) is 39.7 Å². The lowest BCUT2D eigenvalue weighted by Crippen LogP contribution is -2.42. The van der Waals surface area contributed by atoms with Crippen LogP contribution in [0.15, 0.2) is 53.0 Å². The zero-order valence-electron chi connectivity index (χ0n) is 18.7. The molecule has 0 bridgehead atoms. The van der Waals surface area contributed by atoms with Gasteiger partial charge in [-0.15, -0.1) is 0 Å². The van der Waals surface area contributed by atoms with Gasteiger partial charge < -0.3 is 5.73 Å². The van der Waals surface area contributed by atoms with E-state index >= 15 is 0 Å². The summed E-state index contributed by atoms with van der Waals surface area (Å²) in [6.45, 7) is 5.62. The molecule has 1 aliphatic carbocycles. The number of hydrogen-bond acceptors (Lipinski definition) is 9. The molecule has 0 radical (unpaired) electrons. The minimum absolute atomic E-state index is 0.0839. The van der Waals surface area contributed by atoms with Crippen LogP contribution in [-0.4, -0.2) is 15.6 Å². The molecular weight excluding hydrogens is 458 g/mol. The molecule has 0 amide bonds. The number of benzene rings is 1. The van der Waals surface area contributed by atoms with Gasteiger partial charge >= 0.3 is 5.00 Å². The van der Waals surface area contributed by atoms with Crippen molar-refractivity contribution >= 4 is 33.5 Å². The molecule has 1 aliphatic heterocycles. The van der Waals surface area contributed by atoms with Crippen LogP contribution in [0, 0.1) is 43.9 Å². The average molecular weight is 480 g/mol. The van der Waals surface area contributed by atoms with E-state index in [9.17, 15) is 30.3 Å². The molecule has 4 rings (SSSR count). The van der Waals surface area contributed by atoms with E-state index in [0.717, 1.165) is 11.3 Å². The van der Waals surface area contributed by atoms with Crippen molar-refractivity contribution in [1.82, 2.24) is 0 Å². The average Bonchev–Trinajstić information content (AvgIpc) is 3.23. The summed E-state index contributed by atoms with van der Waals surface area (Å²) in [7, 11) is 0. The smallest absolute Gasteiger partial charge is 0.324 e. The zero-order valence-corrected chi connectivity index (χ0v) is 19.5. The summed E-state index contributed by atoms with van der Waals surface area (Å²) in [6, 6.07) is 9.36. The van der Waals surface area contributed by atoms with E-state index in [2.05, 4.69) is 6.07 Å². The fraction of sp³-hybridized carbons (Fsp3) is 0.304. The van der Waals surface area contributed by atoms with E-state index < -0.39 is 15.8 Å². The molecule has 1 atom stereocenters. The Morgan fingerprint density at radius 3 is 2.44 bits per heavy atom. The summed E-state index contributed by atoms with van der Waals surface area (Å²) in [6.07, 6.45) is 0.718. The van der Waals surface area contributed by atoms with Gasteiger partial charge in [-0.05, 0) is 36.5 Å². The van der Waals surface area contributed by atoms with E-state index in [0.29, 0.717) is 33.8 Å². The molecule has 0 unspecified atom stereocenters. The van der Waals surface area contributed by atoms with Crippen molar-refractivity contribution in [3.8, 4) is 6.07 Å². The first-order valence-corrected chi connectivity index (χ1v) is 11.2. The molecule has 174 valence electrons. The van der Waals surface area contributed by atoms with Crippen LogP contribution in [0.5, 0.6) is 0 Å². The van der Waals surface area contributed by atoms with Gasteiger partial charge in [0.15, 0.2) is 5.78 Å². The number of nitrogens with two attached hydrogens (primary N) is 1. The molecule has 0 spiro atoms. The zero-order chi connectivity index (χ0) is 24.9. The van der Waals surface area contributed by atoms with Gasteiger partial charge in [0, 0.05) is 40.8 Å². The summed E-state index contributed by atoms with van der Waals surface area (Å²) < 4.78 is 0.